The molecule has 1 aliphatic heterocycles. The van der Waals surface area contributed by atoms with Crippen molar-refractivity contribution in [3.8, 4) is 11.4 Å². The SMILES string of the molecule is COc1ccc(-n2ccsc2=NC(=O)N2CCCC2)cc1. The number of methoxy groups -OCH3 is 1. The van der Waals surface area contributed by atoms with Crippen LogP contribution >= 0.6 is 11.3 Å². The Labute approximate surface area is 127 Å². The zero-order valence-electron chi connectivity index (χ0n) is 11.9. The number of ether oxygens (including phenoxy) is 1. The standard InChI is InChI=1S/C15H17N3O2S/c1-20-13-6-4-12(5-7-13)18-10-11-21-15(18)16-14(19)17-8-2-3-9-17/h4-7,10-11H,2-3,8-9H2,1H3. The van der Waals surface area contributed by atoms with Crippen LogP contribution in [0.15, 0.2) is 40.8 Å². The van der Waals surface area contributed by atoms with E-state index in [2.05, 4.69) is 4.99 Å². The Morgan fingerprint density at radius 1 is 1.24 bits per heavy atom. The third-order valence-corrected chi connectivity index (χ3v) is 4.26. The first-order valence-corrected chi connectivity index (χ1v) is 7.80. The molecular formula is C15H17N3O2S. The van der Waals surface area contributed by atoms with Crippen molar-refractivity contribution in [3.63, 3.8) is 0 Å². The lowest BCUT2D eigenvalue weighted by Crippen LogP contribution is -2.27. The zero-order valence-corrected chi connectivity index (χ0v) is 12.7. The number of likely N-dealkylation sites (tertiary alicyclic amines) is 1. The number of nitrogens with zero attached hydrogens (tertiary/aromatic N) is 3. The molecule has 1 aliphatic rings. The van der Waals surface area contributed by atoms with Gasteiger partial charge in [-0.3, -0.25) is 4.57 Å². The molecule has 0 unspecified atom stereocenters. The molecule has 0 atom stereocenters. The largest absolute Gasteiger partial charge is 0.497 e. The van der Waals surface area contributed by atoms with Gasteiger partial charge in [-0.1, -0.05) is 0 Å². The van der Waals surface area contributed by atoms with E-state index >= 15 is 0 Å². The molecule has 1 fully saturated rings. The van der Waals surface area contributed by atoms with Crippen molar-refractivity contribution < 1.29 is 9.53 Å². The molecule has 0 spiro atoms. The van der Waals surface area contributed by atoms with E-state index in [0.717, 1.165) is 37.4 Å². The highest BCUT2D eigenvalue weighted by Gasteiger charge is 2.17. The van der Waals surface area contributed by atoms with Crippen molar-refractivity contribution in [3.05, 3.63) is 40.6 Å². The minimum absolute atomic E-state index is 0.141. The van der Waals surface area contributed by atoms with E-state index in [0.29, 0.717) is 4.80 Å². The highest BCUT2D eigenvalue weighted by Crippen LogP contribution is 2.14. The molecule has 0 aliphatic carbocycles. The number of amides is 2. The van der Waals surface area contributed by atoms with Crippen LogP contribution in [-0.4, -0.2) is 35.7 Å². The monoisotopic (exact) mass is 303 g/mol. The van der Waals surface area contributed by atoms with E-state index in [1.165, 1.54) is 11.3 Å². The smallest absolute Gasteiger partial charge is 0.346 e. The predicted molar refractivity (Wildman–Crippen MR) is 82.0 cm³/mol. The van der Waals surface area contributed by atoms with Crippen LogP contribution in [0.25, 0.3) is 5.69 Å². The molecule has 0 bridgehead atoms. The Hall–Kier alpha value is -2.08. The molecule has 0 radical (unpaired) electrons. The van der Waals surface area contributed by atoms with E-state index in [9.17, 15) is 4.79 Å². The van der Waals surface area contributed by atoms with Gasteiger partial charge in [-0.05, 0) is 37.1 Å². The van der Waals surface area contributed by atoms with E-state index < -0.39 is 0 Å². The van der Waals surface area contributed by atoms with Gasteiger partial charge in [0.15, 0.2) is 4.80 Å². The van der Waals surface area contributed by atoms with Crippen molar-refractivity contribution in [2.45, 2.75) is 12.8 Å². The lowest BCUT2D eigenvalue weighted by atomic mass is 10.3. The number of urea groups is 1. The average Bonchev–Trinajstić information content (AvgIpc) is 3.19. The summed E-state index contributed by atoms with van der Waals surface area (Å²) >= 11 is 1.46. The van der Waals surface area contributed by atoms with Crippen LogP contribution in [0.1, 0.15) is 12.8 Å². The maximum atomic E-state index is 12.1. The highest BCUT2D eigenvalue weighted by atomic mass is 32.1. The van der Waals surface area contributed by atoms with E-state index in [1.54, 1.807) is 12.0 Å². The van der Waals surface area contributed by atoms with Crippen LogP contribution in [0.3, 0.4) is 0 Å². The number of thiazole rings is 1. The van der Waals surface area contributed by atoms with Gasteiger partial charge in [0.2, 0.25) is 0 Å². The average molecular weight is 303 g/mol. The van der Waals surface area contributed by atoms with Gasteiger partial charge in [0.05, 0.1) is 7.11 Å². The molecule has 21 heavy (non-hydrogen) atoms. The number of hydrogen-bond donors (Lipinski definition) is 0. The normalized spacial score (nSPS) is 15.5. The number of carbonyl (C=O) groups is 1. The van der Waals surface area contributed by atoms with E-state index in [-0.39, 0.29) is 6.03 Å². The second kappa shape index (κ2) is 6.13. The van der Waals surface area contributed by atoms with Crippen LogP contribution < -0.4 is 9.54 Å². The topological polar surface area (TPSA) is 46.8 Å². The summed E-state index contributed by atoms with van der Waals surface area (Å²) in [5.74, 6) is 0.807. The summed E-state index contributed by atoms with van der Waals surface area (Å²) in [5.41, 5.74) is 0.963. The fourth-order valence-corrected chi connectivity index (χ4v) is 3.07. The van der Waals surface area contributed by atoms with Gasteiger partial charge < -0.3 is 9.64 Å². The maximum absolute atomic E-state index is 12.1. The summed E-state index contributed by atoms with van der Waals surface area (Å²) in [4.78, 5) is 18.9. The van der Waals surface area contributed by atoms with Crippen molar-refractivity contribution in [2.75, 3.05) is 20.2 Å². The van der Waals surface area contributed by atoms with Crippen molar-refractivity contribution in [2.24, 2.45) is 4.99 Å². The van der Waals surface area contributed by atoms with Crippen LogP contribution in [-0.2, 0) is 0 Å². The van der Waals surface area contributed by atoms with Crippen LogP contribution in [0.4, 0.5) is 4.79 Å². The molecule has 5 nitrogen and oxygen atoms in total. The Balaban J connectivity index is 1.90. The third kappa shape index (κ3) is 3.00. The third-order valence-electron chi connectivity index (χ3n) is 3.51. The molecule has 1 aromatic carbocycles. The van der Waals surface area contributed by atoms with Crippen LogP contribution in [0.2, 0.25) is 0 Å². The number of aromatic nitrogens is 1. The van der Waals surface area contributed by atoms with Crippen LogP contribution in [0.5, 0.6) is 5.75 Å². The Morgan fingerprint density at radius 3 is 2.62 bits per heavy atom. The minimum atomic E-state index is -0.141. The summed E-state index contributed by atoms with van der Waals surface area (Å²) < 4.78 is 7.07. The lowest BCUT2D eigenvalue weighted by Gasteiger charge is -2.10. The van der Waals surface area contributed by atoms with Gasteiger partial charge >= 0.3 is 6.03 Å². The van der Waals surface area contributed by atoms with Crippen molar-refractivity contribution >= 4 is 17.4 Å². The van der Waals surface area contributed by atoms with E-state index in [4.69, 9.17) is 4.74 Å². The van der Waals surface area contributed by atoms with Crippen molar-refractivity contribution in [1.29, 1.82) is 0 Å². The fourth-order valence-electron chi connectivity index (χ4n) is 2.35. The number of benzene rings is 1. The molecule has 110 valence electrons. The maximum Gasteiger partial charge on any atom is 0.346 e. The lowest BCUT2D eigenvalue weighted by molar-refractivity contribution is 0.218. The molecule has 3 rings (SSSR count). The minimum Gasteiger partial charge on any atom is -0.497 e. The molecule has 2 heterocycles. The first-order chi connectivity index (χ1) is 10.3. The molecule has 6 heteroatoms. The zero-order chi connectivity index (χ0) is 14.7. The Morgan fingerprint density at radius 2 is 1.95 bits per heavy atom. The molecule has 1 saturated heterocycles. The Kier molecular flexibility index (Phi) is 4.06. The van der Waals surface area contributed by atoms with Gasteiger partial charge in [-0.15, -0.1) is 11.3 Å². The number of hydrogen-bond acceptors (Lipinski definition) is 3. The Bertz CT molecular complexity index is 681. The predicted octanol–water partition coefficient (Wildman–Crippen LogP) is 2.66. The second-order valence-electron chi connectivity index (χ2n) is 4.84. The first-order valence-electron chi connectivity index (χ1n) is 6.92. The van der Waals surface area contributed by atoms with Gasteiger partial charge in [-0.2, -0.15) is 4.99 Å². The van der Waals surface area contributed by atoms with Crippen LogP contribution in [0, 0.1) is 0 Å². The summed E-state index contributed by atoms with van der Waals surface area (Å²) in [5, 5.41) is 1.93. The second-order valence-corrected chi connectivity index (χ2v) is 5.72. The summed E-state index contributed by atoms with van der Waals surface area (Å²) in [6.07, 6.45) is 4.07. The van der Waals surface area contributed by atoms with Gasteiger partial charge in [0.1, 0.15) is 5.75 Å². The molecular weight excluding hydrogens is 286 g/mol. The summed E-state index contributed by atoms with van der Waals surface area (Å²) in [6.45, 7) is 1.63. The number of rotatable bonds is 2. The van der Waals surface area contributed by atoms with Crippen molar-refractivity contribution in [1.82, 2.24) is 9.47 Å². The molecule has 2 aromatic rings. The first kappa shape index (κ1) is 13.9. The summed E-state index contributed by atoms with van der Waals surface area (Å²) in [6, 6.07) is 7.55. The number of carbonyl (C=O) groups excluding carboxylic acids is 1. The fraction of sp³-hybridized carbons (Fsp3) is 0.333. The summed E-state index contributed by atoms with van der Waals surface area (Å²) in [7, 11) is 1.64. The molecule has 1 aromatic heterocycles. The van der Waals surface area contributed by atoms with Gasteiger partial charge in [-0.25, -0.2) is 4.79 Å². The van der Waals surface area contributed by atoms with E-state index in [1.807, 2.05) is 40.4 Å². The van der Waals surface area contributed by atoms with Gasteiger partial charge in [0, 0.05) is 30.4 Å². The molecule has 0 saturated carbocycles. The van der Waals surface area contributed by atoms with Gasteiger partial charge in [0.25, 0.3) is 0 Å². The highest BCUT2D eigenvalue weighted by molar-refractivity contribution is 7.07. The molecule has 0 N–H and O–H groups in total. The molecule has 2 amide bonds. The quantitative estimate of drug-likeness (QED) is 0.856.